The van der Waals surface area contributed by atoms with Crippen molar-refractivity contribution in [2.24, 2.45) is 0 Å². The van der Waals surface area contributed by atoms with E-state index in [-0.39, 0.29) is 24.9 Å². The molecule has 0 aliphatic rings. The lowest BCUT2D eigenvalue weighted by molar-refractivity contribution is -0.116. The highest BCUT2D eigenvalue weighted by molar-refractivity contribution is 7.15. The number of thiazole rings is 1. The zero-order valence-electron chi connectivity index (χ0n) is 16.1. The van der Waals surface area contributed by atoms with E-state index in [9.17, 15) is 4.79 Å². The average Bonchev–Trinajstić information content (AvgIpc) is 3.29. The molecule has 0 atom stereocenters. The quantitative estimate of drug-likeness (QED) is 0.382. The van der Waals surface area contributed by atoms with Crippen LogP contribution < -0.4 is 10.1 Å². The van der Waals surface area contributed by atoms with Gasteiger partial charge in [-0.15, -0.1) is 16.4 Å². The first kappa shape index (κ1) is 20.7. The first-order chi connectivity index (χ1) is 14.5. The molecular weight excluding hydrogens is 443 g/mol. The number of ether oxygens (including phenoxy) is 1. The van der Waals surface area contributed by atoms with Gasteiger partial charge in [0.05, 0.1) is 23.7 Å². The van der Waals surface area contributed by atoms with Gasteiger partial charge in [-0.2, -0.15) is 4.98 Å². The summed E-state index contributed by atoms with van der Waals surface area (Å²) < 4.78 is 7.28. The maximum atomic E-state index is 12.2. The third-order valence-electron chi connectivity index (χ3n) is 4.47. The van der Waals surface area contributed by atoms with E-state index in [1.165, 1.54) is 16.9 Å². The summed E-state index contributed by atoms with van der Waals surface area (Å²) in [5, 5.41) is 10.1. The van der Waals surface area contributed by atoms with Crippen LogP contribution in [0, 0.1) is 0 Å². The van der Waals surface area contributed by atoms with E-state index in [2.05, 4.69) is 22.3 Å². The highest BCUT2D eigenvalue weighted by atomic mass is 35.5. The van der Waals surface area contributed by atoms with E-state index < -0.39 is 0 Å². The molecular formula is C21H18Cl2N4O2S. The highest BCUT2D eigenvalue weighted by Crippen LogP contribution is 2.33. The zero-order chi connectivity index (χ0) is 21.1. The number of carbonyl (C=O) groups is 1. The number of anilines is 1. The van der Waals surface area contributed by atoms with Crippen LogP contribution in [0.1, 0.15) is 18.9 Å². The molecule has 0 unspecified atom stereocenters. The van der Waals surface area contributed by atoms with Gasteiger partial charge in [0, 0.05) is 16.0 Å². The molecule has 9 heteroatoms. The fourth-order valence-corrected chi connectivity index (χ4v) is 4.21. The third kappa shape index (κ3) is 4.59. The first-order valence-electron chi connectivity index (χ1n) is 9.35. The van der Waals surface area contributed by atoms with E-state index in [0.717, 1.165) is 23.4 Å². The second-order valence-corrected chi connectivity index (χ2v) is 8.20. The Hall–Kier alpha value is -2.61. The van der Waals surface area contributed by atoms with Crippen LogP contribution in [0.5, 0.6) is 5.75 Å². The maximum Gasteiger partial charge on any atom is 0.250 e. The largest absolute Gasteiger partial charge is 0.493 e. The number of nitrogens with zero attached hydrogens (tertiary/aromatic N) is 3. The number of hydrogen-bond donors (Lipinski definition) is 1. The number of benzene rings is 2. The molecule has 1 N–H and O–H groups in total. The van der Waals surface area contributed by atoms with Crippen LogP contribution in [0.15, 0.2) is 47.8 Å². The standard InChI is InChI=1S/C21H18Cl2N4O2S/c1-2-13-3-6-15(7-4-13)29-10-9-19(28)24-20-25-21-27(26-20)18(12-30-21)16-8-5-14(22)11-17(16)23/h3-8,11-12H,2,9-10H2,1H3,(H,24,26,28). The third-order valence-corrected chi connectivity index (χ3v) is 5.83. The molecule has 0 radical (unpaired) electrons. The van der Waals surface area contributed by atoms with Crippen molar-refractivity contribution in [2.75, 3.05) is 11.9 Å². The molecule has 0 spiro atoms. The van der Waals surface area contributed by atoms with Gasteiger partial charge in [-0.3, -0.25) is 10.1 Å². The minimum absolute atomic E-state index is 0.193. The van der Waals surface area contributed by atoms with Gasteiger partial charge >= 0.3 is 0 Å². The van der Waals surface area contributed by atoms with Gasteiger partial charge in [0.1, 0.15) is 5.75 Å². The number of amides is 1. The Morgan fingerprint density at radius 2 is 2.00 bits per heavy atom. The molecule has 2 aromatic carbocycles. The summed E-state index contributed by atoms with van der Waals surface area (Å²) in [5.74, 6) is 0.764. The molecule has 2 heterocycles. The molecule has 4 rings (SSSR count). The molecule has 154 valence electrons. The Morgan fingerprint density at radius 3 is 2.73 bits per heavy atom. The second-order valence-electron chi connectivity index (χ2n) is 6.52. The molecule has 6 nitrogen and oxygen atoms in total. The monoisotopic (exact) mass is 460 g/mol. The normalized spacial score (nSPS) is 11.0. The molecule has 0 saturated heterocycles. The number of carbonyl (C=O) groups excluding carboxylic acids is 1. The topological polar surface area (TPSA) is 68.5 Å². The number of aryl methyl sites for hydroxylation is 1. The Kier molecular flexibility index (Phi) is 6.22. The lowest BCUT2D eigenvalue weighted by atomic mass is 10.2. The van der Waals surface area contributed by atoms with Crippen LogP contribution in [0.4, 0.5) is 5.95 Å². The zero-order valence-corrected chi connectivity index (χ0v) is 18.4. The Labute approximate surface area is 187 Å². The summed E-state index contributed by atoms with van der Waals surface area (Å²) in [6.45, 7) is 2.37. The Balaban J connectivity index is 1.39. The average molecular weight is 461 g/mol. The molecule has 4 aromatic rings. The first-order valence-corrected chi connectivity index (χ1v) is 11.0. The van der Waals surface area contributed by atoms with Crippen molar-refractivity contribution in [2.45, 2.75) is 19.8 Å². The van der Waals surface area contributed by atoms with E-state index in [1.54, 1.807) is 16.6 Å². The summed E-state index contributed by atoms with van der Waals surface area (Å²) >= 11 is 13.7. The SMILES string of the molecule is CCc1ccc(OCCC(=O)Nc2nc3scc(-c4ccc(Cl)cc4Cl)n3n2)cc1. The molecule has 1 amide bonds. The number of halogens is 2. The van der Waals surface area contributed by atoms with Crippen molar-refractivity contribution in [3.05, 3.63) is 63.5 Å². The minimum Gasteiger partial charge on any atom is -0.493 e. The van der Waals surface area contributed by atoms with E-state index in [0.29, 0.717) is 15.0 Å². The van der Waals surface area contributed by atoms with Crippen molar-refractivity contribution in [1.82, 2.24) is 14.6 Å². The summed E-state index contributed by atoms with van der Waals surface area (Å²) in [7, 11) is 0. The maximum absolute atomic E-state index is 12.2. The molecule has 2 aromatic heterocycles. The predicted octanol–water partition coefficient (Wildman–Crippen LogP) is 5.73. The molecule has 30 heavy (non-hydrogen) atoms. The van der Waals surface area contributed by atoms with Crippen LogP contribution in [-0.2, 0) is 11.2 Å². The van der Waals surface area contributed by atoms with Crippen molar-refractivity contribution in [3.8, 4) is 17.0 Å². The summed E-state index contributed by atoms with van der Waals surface area (Å²) in [5.41, 5.74) is 2.81. The van der Waals surface area contributed by atoms with E-state index in [4.69, 9.17) is 27.9 Å². The van der Waals surface area contributed by atoms with Gasteiger partial charge in [0.2, 0.25) is 16.8 Å². The summed E-state index contributed by atoms with van der Waals surface area (Å²) in [6.07, 6.45) is 1.17. The number of fused-ring (bicyclic) bond motifs is 1. The fourth-order valence-electron chi connectivity index (χ4n) is 2.89. The summed E-state index contributed by atoms with van der Waals surface area (Å²) in [4.78, 5) is 17.2. The molecule has 0 aliphatic heterocycles. The minimum atomic E-state index is -0.218. The lowest BCUT2D eigenvalue weighted by Gasteiger charge is -2.06. The number of nitrogens with one attached hydrogen (secondary N) is 1. The fraction of sp³-hybridized carbons (Fsp3) is 0.190. The number of rotatable bonds is 7. The van der Waals surface area contributed by atoms with Crippen molar-refractivity contribution in [1.29, 1.82) is 0 Å². The Morgan fingerprint density at radius 1 is 1.20 bits per heavy atom. The number of hydrogen-bond acceptors (Lipinski definition) is 5. The second kappa shape index (κ2) is 9.04. The predicted molar refractivity (Wildman–Crippen MR) is 121 cm³/mol. The van der Waals surface area contributed by atoms with Gasteiger partial charge in [-0.25, -0.2) is 4.52 Å². The number of aromatic nitrogens is 3. The smallest absolute Gasteiger partial charge is 0.250 e. The van der Waals surface area contributed by atoms with Crippen LogP contribution >= 0.6 is 34.5 Å². The van der Waals surface area contributed by atoms with Gasteiger partial charge in [-0.05, 0) is 42.3 Å². The van der Waals surface area contributed by atoms with Crippen LogP contribution in [-0.4, -0.2) is 27.1 Å². The van der Waals surface area contributed by atoms with Crippen LogP contribution in [0.2, 0.25) is 10.0 Å². The molecule has 0 fully saturated rings. The van der Waals surface area contributed by atoms with Crippen molar-refractivity contribution >= 4 is 51.4 Å². The van der Waals surface area contributed by atoms with Crippen LogP contribution in [0.3, 0.4) is 0 Å². The van der Waals surface area contributed by atoms with Crippen LogP contribution in [0.25, 0.3) is 16.2 Å². The van der Waals surface area contributed by atoms with E-state index >= 15 is 0 Å². The van der Waals surface area contributed by atoms with Crippen molar-refractivity contribution in [3.63, 3.8) is 0 Å². The van der Waals surface area contributed by atoms with Crippen molar-refractivity contribution < 1.29 is 9.53 Å². The van der Waals surface area contributed by atoms with E-state index in [1.807, 2.05) is 35.7 Å². The molecule has 0 aliphatic carbocycles. The highest BCUT2D eigenvalue weighted by Gasteiger charge is 2.15. The molecule has 0 saturated carbocycles. The van der Waals surface area contributed by atoms with Gasteiger partial charge < -0.3 is 4.74 Å². The lowest BCUT2D eigenvalue weighted by Crippen LogP contribution is -2.16. The molecule has 0 bridgehead atoms. The van der Waals surface area contributed by atoms with Gasteiger partial charge in [-0.1, -0.05) is 42.3 Å². The summed E-state index contributed by atoms with van der Waals surface area (Å²) in [6, 6.07) is 13.1. The van der Waals surface area contributed by atoms with Gasteiger partial charge in [0.25, 0.3) is 0 Å². The van der Waals surface area contributed by atoms with Gasteiger partial charge in [0.15, 0.2) is 0 Å². The Bertz CT molecular complexity index is 1190.